The van der Waals surface area contributed by atoms with Gasteiger partial charge < -0.3 is 14.5 Å². The third-order valence-corrected chi connectivity index (χ3v) is 5.43. The van der Waals surface area contributed by atoms with E-state index in [-0.39, 0.29) is 5.91 Å². The number of hydrogen-bond donors (Lipinski definition) is 1. The van der Waals surface area contributed by atoms with Gasteiger partial charge in [-0.1, -0.05) is 37.6 Å². The van der Waals surface area contributed by atoms with Gasteiger partial charge in [0.2, 0.25) is 5.91 Å². The molecule has 0 aliphatic carbocycles. The molecule has 0 bridgehead atoms. The number of amides is 1. The Balaban J connectivity index is 1.48. The molecular formula is C22H30ClN3O3. The molecule has 1 unspecified atom stereocenters. The van der Waals surface area contributed by atoms with Crippen molar-refractivity contribution in [2.45, 2.75) is 39.2 Å². The molecule has 1 atom stereocenters. The first kappa shape index (κ1) is 21.8. The molecule has 2 aromatic rings. The first-order valence-corrected chi connectivity index (χ1v) is 10.7. The minimum Gasteiger partial charge on any atom is -0.441 e. The van der Waals surface area contributed by atoms with Crippen LogP contribution >= 0.6 is 11.6 Å². The zero-order valence-electron chi connectivity index (χ0n) is 17.2. The lowest BCUT2D eigenvalue weighted by Crippen LogP contribution is -2.49. The van der Waals surface area contributed by atoms with Gasteiger partial charge in [0.15, 0.2) is 11.7 Å². The second-order valence-corrected chi connectivity index (χ2v) is 8.24. The van der Waals surface area contributed by atoms with E-state index in [4.69, 9.17) is 20.8 Å². The van der Waals surface area contributed by atoms with Crippen LogP contribution in [0.1, 0.15) is 32.6 Å². The minimum absolute atomic E-state index is 0.0181. The van der Waals surface area contributed by atoms with E-state index in [1.54, 1.807) is 6.20 Å². The second kappa shape index (κ2) is 10.8. The summed E-state index contributed by atoms with van der Waals surface area (Å²) in [6.07, 6.45) is 3.52. The average Bonchev–Trinajstić information content (AvgIpc) is 3.19. The van der Waals surface area contributed by atoms with Crippen LogP contribution in [0.15, 0.2) is 34.9 Å². The van der Waals surface area contributed by atoms with Gasteiger partial charge in [-0.25, -0.2) is 4.98 Å². The topological polar surface area (TPSA) is 67.6 Å². The average molecular weight is 420 g/mol. The highest BCUT2D eigenvalue weighted by Gasteiger charge is 2.22. The molecule has 1 aliphatic rings. The highest BCUT2D eigenvalue weighted by molar-refractivity contribution is 6.33. The van der Waals surface area contributed by atoms with Crippen LogP contribution in [0.25, 0.3) is 11.3 Å². The van der Waals surface area contributed by atoms with Crippen molar-refractivity contribution in [3.05, 3.63) is 41.4 Å². The number of rotatable bonds is 9. The van der Waals surface area contributed by atoms with Crippen LogP contribution in [-0.4, -0.2) is 54.7 Å². The van der Waals surface area contributed by atoms with Crippen molar-refractivity contribution >= 4 is 17.5 Å². The molecule has 158 valence electrons. The van der Waals surface area contributed by atoms with Gasteiger partial charge in [0.1, 0.15) is 0 Å². The van der Waals surface area contributed by atoms with Crippen molar-refractivity contribution in [2.24, 2.45) is 5.92 Å². The molecule has 0 saturated carbocycles. The van der Waals surface area contributed by atoms with Gasteiger partial charge in [0, 0.05) is 44.1 Å². The van der Waals surface area contributed by atoms with Crippen LogP contribution in [0, 0.1) is 5.92 Å². The number of nitrogens with zero attached hydrogens (tertiary/aromatic N) is 2. The summed E-state index contributed by atoms with van der Waals surface area (Å²) in [6, 6.07) is 7.82. The van der Waals surface area contributed by atoms with Gasteiger partial charge in [-0.05, 0) is 24.5 Å². The van der Waals surface area contributed by atoms with Crippen LogP contribution < -0.4 is 5.32 Å². The predicted molar refractivity (Wildman–Crippen MR) is 114 cm³/mol. The standard InChI is InChI=1S/C22H30ClN3O3/c1-16(2)13-17(26-9-11-28-12-10-26)14-24-21(27)7-8-22-25-15-20(29-22)18-5-3-4-6-19(18)23/h3-6,15-17H,7-14H2,1-2H3,(H,24,27). The molecule has 1 N–H and O–H groups in total. The Kier molecular flexibility index (Phi) is 8.09. The van der Waals surface area contributed by atoms with Crippen molar-refractivity contribution in [2.75, 3.05) is 32.8 Å². The minimum atomic E-state index is 0.0181. The molecule has 1 aromatic heterocycles. The van der Waals surface area contributed by atoms with Crippen LogP contribution in [0.3, 0.4) is 0 Å². The summed E-state index contributed by atoms with van der Waals surface area (Å²) >= 11 is 6.20. The van der Waals surface area contributed by atoms with E-state index in [1.807, 2.05) is 24.3 Å². The van der Waals surface area contributed by atoms with E-state index in [2.05, 4.69) is 29.0 Å². The Morgan fingerprint density at radius 1 is 1.28 bits per heavy atom. The molecule has 29 heavy (non-hydrogen) atoms. The van der Waals surface area contributed by atoms with Crippen molar-refractivity contribution in [1.29, 1.82) is 0 Å². The van der Waals surface area contributed by atoms with Gasteiger partial charge in [-0.2, -0.15) is 0 Å². The zero-order valence-corrected chi connectivity index (χ0v) is 18.0. The SMILES string of the molecule is CC(C)CC(CNC(=O)CCc1ncc(-c2ccccc2Cl)o1)N1CCOCC1. The molecular weight excluding hydrogens is 390 g/mol. The first-order chi connectivity index (χ1) is 14.0. The Morgan fingerprint density at radius 2 is 2.03 bits per heavy atom. The van der Waals surface area contributed by atoms with Crippen molar-refractivity contribution in [3.8, 4) is 11.3 Å². The van der Waals surface area contributed by atoms with E-state index in [9.17, 15) is 4.79 Å². The third kappa shape index (κ3) is 6.56. The van der Waals surface area contributed by atoms with Crippen LogP contribution in [0.4, 0.5) is 0 Å². The number of ether oxygens (including phenoxy) is 1. The summed E-state index contributed by atoms with van der Waals surface area (Å²) in [4.78, 5) is 19.1. The van der Waals surface area contributed by atoms with Gasteiger partial charge in [0.05, 0.1) is 24.4 Å². The smallest absolute Gasteiger partial charge is 0.220 e. The number of oxazole rings is 1. The maximum Gasteiger partial charge on any atom is 0.220 e. The number of aromatic nitrogens is 1. The van der Waals surface area contributed by atoms with Crippen molar-refractivity contribution in [1.82, 2.24) is 15.2 Å². The van der Waals surface area contributed by atoms with Gasteiger partial charge in [-0.15, -0.1) is 0 Å². The molecule has 2 heterocycles. The first-order valence-electron chi connectivity index (χ1n) is 10.3. The molecule has 1 amide bonds. The van der Waals surface area contributed by atoms with Gasteiger partial charge >= 0.3 is 0 Å². The highest BCUT2D eigenvalue weighted by Crippen LogP contribution is 2.28. The summed E-state index contributed by atoms with van der Waals surface area (Å²) in [7, 11) is 0. The normalized spacial score (nSPS) is 16.1. The Bertz CT molecular complexity index is 787. The molecule has 7 heteroatoms. The van der Waals surface area contributed by atoms with Gasteiger partial charge in [0.25, 0.3) is 0 Å². The van der Waals surface area contributed by atoms with Gasteiger partial charge in [-0.3, -0.25) is 9.69 Å². The number of hydrogen-bond acceptors (Lipinski definition) is 5. The number of aryl methyl sites for hydroxylation is 1. The van der Waals surface area contributed by atoms with Crippen LogP contribution in [0.5, 0.6) is 0 Å². The van der Waals surface area contributed by atoms with Crippen molar-refractivity contribution < 1.29 is 13.9 Å². The fourth-order valence-electron chi connectivity index (χ4n) is 3.60. The molecule has 1 fully saturated rings. The van der Waals surface area contributed by atoms with E-state index in [0.29, 0.717) is 48.0 Å². The van der Waals surface area contributed by atoms with E-state index in [0.717, 1.165) is 38.3 Å². The molecule has 1 saturated heterocycles. The molecule has 1 aliphatic heterocycles. The summed E-state index contributed by atoms with van der Waals surface area (Å²) in [6.45, 7) is 8.47. The monoisotopic (exact) mass is 419 g/mol. The highest BCUT2D eigenvalue weighted by atomic mass is 35.5. The Morgan fingerprint density at radius 3 is 2.76 bits per heavy atom. The Labute approximate surface area is 177 Å². The fourth-order valence-corrected chi connectivity index (χ4v) is 3.83. The number of halogens is 1. The lowest BCUT2D eigenvalue weighted by molar-refractivity contribution is -0.121. The predicted octanol–water partition coefficient (Wildman–Crippen LogP) is 3.79. The number of benzene rings is 1. The number of nitrogens with one attached hydrogen (secondary N) is 1. The third-order valence-electron chi connectivity index (χ3n) is 5.10. The number of carbonyl (C=O) groups excluding carboxylic acids is 1. The maximum absolute atomic E-state index is 12.4. The van der Waals surface area contributed by atoms with Crippen LogP contribution in [-0.2, 0) is 16.0 Å². The summed E-state index contributed by atoms with van der Waals surface area (Å²) in [5, 5.41) is 3.71. The Hall–Kier alpha value is -1.89. The fraction of sp³-hybridized carbons (Fsp3) is 0.545. The zero-order chi connectivity index (χ0) is 20.6. The number of carbonyl (C=O) groups is 1. The number of morpholine rings is 1. The van der Waals surface area contributed by atoms with Crippen molar-refractivity contribution in [3.63, 3.8) is 0 Å². The molecule has 3 rings (SSSR count). The maximum atomic E-state index is 12.4. The van der Waals surface area contributed by atoms with E-state index < -0.39 is 0 Å². The second-order valence-electron chi connectivity index (χ2n) is 7.83. The lowest BCUT2D eigenvalue weighted by atomic mass is 10.0. The molecule has 0 spiro atoms. The molecule has 1 aromatic carbocycles. The van der Waals surface area contributed by atoms with E-state index in [1.165, 1.54) is 0 Å². The lowest BCUT2D eigenvalue weighted by Gasteiger charge is -2.35. The summed E-state index contributed by atoms with van der Waals surface area (Å²) < 4.78 is 11.2. The van der Waals surface area contributed by atoms with E-state index >= 15 is 0 Å². The quantitative estimate of drug-likeness (QED) is 0.669. The molecule has 0 radical (unpaired) electrons. The summed E-state index contributed by atoms with van der Waals surface area (Å²) in [5.74, 6) is 1.76. The molecule has 6 nitrogen and oxygen atoms in total. The van der Waals surface area contributed by atoms with Crippen LogP contribution in [0.2, 0.25) is 5.02 Å². The summed E-state index contributed by atoms with van der Waals surface area (Å²) in [5.41, 5.74) is 0.805. The largest absolute Gasteiger partial charge is 0.441 e.